The minimum atomic E-state index is 0.0503. The van der Waals surface area contributed by atoms with E-state index in [1.165, 1.54) is 24.8 Å². The maximum Gasteiger partial charge on any atom is 0.111 e. The monoisotopic (exact) mass is 258 g/mol. The SMILES string of the molecule is CC1NC2CCCC23ON(C)C(c2ccccc2)C13. The van der Waals surface area contributed by atoms with Gasteiger partial charge in [-0.25, -0.2) is 0 Å². The summed E-state index contributed by atoms with van der Waals surface area (Å²) in [4.78, 5) is 6.41. The van der Waals surface area contributed by atoms with Crippen LogP contribution < -0.4 is 5.32 Å². The van der Waals surface area contributed by atoms with Gasteiger partial charge in [-0.05, 0) is 31.7 Å². The van der Waals surface area contributed by atoms with Crippen LogP contribution in [0.2, 0.25) is 0 Å². The van der Waals surface area contributed by atoms with Crippen LogP contribution in [0.3, 0.4) is 0 Å². The zero-order valence-corrected chi connectivity index (χ0v) is 11.7. The van der Waals surface area contributed by atoms with Crippen molar-refractivity contribution in [2.24, 2.45) is 5.92 Å². The highest BCUT2D eigenvalue weighted by Crippen LogP contribution is 2.56. The average Bonchev–Trinajstić information content (AvgIpc) is 2.99. The molecule has 2 saturated heterocycles. The Morgan fingerprint density at radius 2 is 2.11 bits per heavy atom. The third-order valence-electron chi connectivity index (χ3n) is 5.40. The summed E-state index contributed by atoms with van der Waals surface area (Å²) >= 11 is 0. The minimum Gasteiger partial charge on any atom is -0.308 e. The highest BCUT2D eigenvalue weighted by Gasteiger charge is 2.65. The predicted molar refractivity (Wildman–Crippen MR) is 74.5 cm³/mol. The van der Waals surface area contributed by atoms with E-state index >= 15 is 0 Å². The molecule has 102 valence electrons. The molecule has 1 saturated carbocycles. The molecule has 0 aromatic heterocycles. The van der Waals surface area contributed by atoms with Crippen molar-refractivity contribution < 1.29 is 4.84 Å². The topological polar surface area (TPSA) is 24.5 Å². The van der Waals surface area contributed by atoms with E-state index in [2.05, 4.69) is 54.7 Å². The molecule has 2 aliphatic heterocycles. The van der Waals surface area contributed by atoms with Crippen molar-refractivity contribution in [3.8, 4) is 0 Å². The van der Waals surface area contributed by atoms with Crippen LogP contribution in [0.4, 0.5) is 0 Å². The lowest BCUT2D eigenvalue weighted by atomic mass is 9.78. The van der Waals surface area contributed by atoms with Crippen molar-refractivity contribution in [2.45, 2.75) is 49.9 Å². The molecular formula is C16H22N2O. The van der Waals surface area contributed by atoms with E-state index in [4.69, 9.17) is 4.84 Å². The fourth-order valence-corrected chi connectivity index (χ4v) is 4.80. The molecule has 3 aliphatic rings. The lowest BCUT2D eigenvalue weighted by molar-refractivity contribution is -0.193. The van der Waals surface area contributed by atoms with Gasteiger partial charge in [0.2, 0.25) is 0 Å². The summed E-state index contributed by atoms with van der Waals surface area (Å²) in [5.41, 5.74) is 1.43. The van der Waals surface area contributed by atoms with Crippen LogP contribution in [0, 0.1) is 5.92 Å². The van der Waals surface area contributed by atoms with Gasteiger partial charge in [0.1, 0.15) is 5.60 Å². The highest BCUT2D eigenvalue weighted by molar-refractivity contribution is 5.26. The molecule has 0 amide bonds. The van der Waals surface area contributed by atoms with E-state index in [0.29, 0.717) is 24.0 Å². The number of hydrogen-bond donors (Lipinski definition) is 1. The van der Waals surface area contributed by atoms with Crippen LogP contribution in [-0.2, 0) is 4.84 Å². The van der Waals surface area contributed by atoms with Gasteiger partial charge in [-0.3, -0.25) is 4.84 Å². The average molecular weight is 258 g/mol. The second-order valence-electron chi connectivity index (χ2n) is 6.37. The van der Waals surface area contributed by atoms with E-state index in [1.807, 2.05) is 0 Å². The number of benzene rings is 1. The quantitative estimate of drug-likeness (QED) is 0.837. The Kier molecular flexibility index (Phi) is 2.53. The summed E-state index contributed by atoms with van der Waals surface area (Å²) in [6, 6.07) is 12.3. The second kappa shape index (κ2) is 4.05. The lowest BCUT2D eigenvalue weighted by Crippen LogP contribution is -2.41. The van der Waals surface area contributed by atoms with Gasteiger partial charge < -0.3 is 5.32 Å². The van der Waals surface area contributed by atoms with Gasteiger partial charge in [0, 0.05) is 25.0 Å². The standard InChI is InChI=1S/C16H22N2O/c1-11-14-15(12-7-4-3-5-8-12)18(2)19-16(14)10-6-9-13(16)17-11/h3-5,7-8,11,13-15,17H,6,9-10H2,1-2H3. The molecule has 3 nitrogen and oxygen atoms in total. The van der Waals surface area contributed by atoms with Gasteiger partial charge in [0.15, 0.2) is 0 Å². The van der Waals surface area contributed by atoms with E-state index in [0.717, 1.165) is 0 Å². The first kappa shape index (κ1) is 11.9. The third-order valence-corrected chi connectivity index (χ3v) is 5.40. The number of rotatable bonds is 1. The fourth-order valence-electron chi connectivity index (χ4n) is 4.80. The molecule has 1 spiro atoms. The van der Waals surface area contributed by atoms with E-state index in [1.54, 1.807) is 0 Å². The lowest BCUT2D eigenvalue weighted by Gasteiger charge is -2.27. The Hall–Kier alpha value is -0.900. The molecule has 0 radical (unpaired) electrons. The van der Waals surface area contributed by atoms with Crippen molar-refractivity contribution in [1.29, 1.82) is 0 Å². The summed E-state index contributed by atoms with van der Waals surface area (Å²) in [6.45, 7) is 2.32. The van der Waals surface area contributed by atoms with Crippen LogP contribution in [0.25, 0.3) is 0 Å². The van der Waals surface area contributed by atoms with Gasteiger partial charge in [0.05, 0.1) is 6.04 Å². The number of nitrogens with zero attached hydrogens (tertiary/aromatic N) is 1. The molecule has 5 unspecified atom stereocenters. The van der Waals surface area contributed by atoms with Gasteiger partial charge in [-0.15, -0.1) is 0 Å². The molecule has 0 bridgehead atoms. The third kappa shape index (κ3) is 1.49. The zero-order valence-electron chi connectivity index (χ0n) is 11.7. The van der Waals surface area contributed by atoms with Gasteiger partial charge in [0.25, 0.3) is 0 Å². The first-order valence-corrected chi connectivity index (χ1v) is 7.45. The first-order valence-electron chi connectivity index (χ1n) is 7.45. The summed E-state index contributed by atoms with van der Waals surface area (Å²) in [6.07, 6.45) is 3.75. The number of hydrogen-bond acceptors (Lipinski definition) is 3. The fraction of sp³-hybridized carbons (Fsp3) is 0.625. The molecule has 5 atom stereocenters. The Morgan fingerprint density at radius 1 is 1.32 bits per heavy atom. The summed E-state index contributed by atoms with van der Waals surface area (Å²) < 4.78 is 0. The van der Waals surface area contributed by atoms with Gasteiger partial charge in [-0.2, -0.15) is 5.06 Å². The molecule has 1 aromatic carbocycles. The molecule has 1 aliphatic carbocycles. The van der Waals surface area contributed by atoms with Gasteiger partial charge >= 0.3 is 0 Å². The summed E-state index contributed by atoms with van der Waals surface area (Å²) in [7, 11) is 2.10. The van der Waals surface area contributed by atoms with Crippen LogP contribution in [0.1, 0.15) is 37.8 Å². The van der Waals surface area contributed by atoms with Crippen LogP contribution in [0.5, 0.6) is 0 Å². The largest absolute Gasteiger partial charge is 0.308 e. The van der Waals surface area contributed by atoms with Crippen LogP contribution in [0.15, 0.2) is 30.3 Å². The predicted octanol–water partition coefficient (Wildman–Crippen LogP) is 2.50. The minimum absolute atomic E-state index is 0.0503. The van der Waals surface area contributed by atoms with E-state index < -0.39 is 0 Å². The van der Waals surface area contributed by atoms with Crippen molar-refractivity contribution in [2.75, 3.05) is 7.05 Å². The molecule has 4 rings (SSSR count). The maximum atomic E-state index is 6.41. The Morgan fingerprint density at radius 3 is 2.89 bits per heavy atom. The van der Waals surface area contributed by atoms with Crippen molar-refractivity contribution in [1.82, 2.24) is 10.4 Å². The van der Waals surface area contributed by atoms with Crippen LogP contribution in [-0.4, -0.2) is 29.8 Å². The van der Waals surface area contributed by atoms with E-state index in [-0.39, 0.29) is 5.60 Å². The van der Waals surface area contributed by atoms with Crippen molar-refractivity contribution in [3.05, 3.63) is 35.9 Å². The summed E-state index contributed by atoms with van der Waals surface area (Å²) in [5.74, 6) is 0.562. The summed E-state index contributed by atoms with van der Waals surface area (Å²) in [5, 5.41) is 5.90. The Bertz CT molecular complexity index is 477. The van der Waals surface area contributed by atoms with E-state index in [9.17, 15) is 0 Å². The number of hydroxylamine groups is 2. The molecule has 3 fully saturated rings. The number of nitrogens with one attached hydrogen (secondary N) is 1. The maximum absolute atomic E-state index is 6.41. The smallest absolute Gasteiger partial charge is 0.111 e. The molecule has 19 heavy (non-hydrogen) atoms. The molecule has 2 heterocycles. The molecule has 3 heteroatoms. The Balaban J connectivity index is 1.77. The molecular weight excluding hydrogens is 236 g/mol. The van der Waals surface area contributed by atoms with Crippen LogP contribution >= 0.6 is 0 Å². The van der Waals surface area contributed by atoms with Crippen molar-refractivity contribution >= 4 is 0 Å². The molecule has 1 N–H and O–H groups in total. The Labute approximate surface area is 114 Å². The molecule has 1 aromatic rings. The van der Waals surface area contributed by atoms with Gasteiger partial charge in [-0.1, -0.05) is 30.3 Å². The highest BCUT2D eigenvalue weighted by atomic mass is 16.7. The first-order chi connectivity index (χ1) is 9.22. The second-order valence-corrected chi connectivity index (χ2v) is 6.37. The van der Waals surface area contributed by atoms with Crippen molar-refractivity contribution in [3.63, 3.8) is 0 Å². The normalized spacial score (nSPS) is 45.4. The zero-order chi connectivity index (χ0) is 13.0.